The van der Waals surface area contributed by atoms with E-state index < -0.39 is 0 Å². The van der Waals surface area contributed by atoms with Crippen molar-refractivity contribution < 1.29 is 0 Å². The molecule has 0 saturated heterocycles. The molecule has 2 aromatic rings. The van der Waals surface area contributed by atoms with E-state index in [1.807, 2.05) is 35.1 Å². The second kappa shape index (κ2) is 5.25. The largest absolute Gasteiger partial charge is 0.314 e. The number of aliphatic imine (C=N–C) groups is 2. The lowest BCUT2D eigenvalue weighted by atomic mass is 10.1. The highest BCUT2D eigenvalue weighted by molar-refractivity contribution is 6.30. The van der Waals surface area contributed by atoms with Gasteiger partial charge in [0.15, 0.2) is 5.82 Å². The lowest BCUT2D eigenvalue weighted by Crippen LogP contribution is -2.42. The summed E-state index contributed by atoms with van der Waals surface area (Å²) in [6.45, 7) is 3.97. The molecule has 2 aliphatic rings. The third-order valence-electron chi connectivity index (χ3n) is 3.96. The molecule has 0 bridgehead atoms. The standard InChI is InChI=1S/C16H16ClN5/c1-2-14-20-16-13(15-18-7-4-8-21(14)15)10-19-22(16)12-6-3-5-11(17)9-12/h3,5-6,9-10H,2,4,7-8H2,1H3. The molecule has 0 spiro atoms. The normalized spacial score (nSPS) is 16.7. The number of benzene rings is 1. The Kier molecular flexibility index (Phi) is 3.22. The van der Waals surface area contributed by atoms with Crippen LogP contribution in [-0.4, -0.2) is 39.4 Å². The van der Waals surface area contributed by atoms with Crippen LogP contribution in [0.2, 0.25) is 5.02 Å². The Labute approximate surface area is 133 Å². The summed E-state index contributed by atoms with van der Waals surface area (Å²) in [4.78, 5) is 11.7. The molecule has 4 rings (SSSR count). The fourth-order valence-electron chi connectivity index (χ4n) is 2.94. The molecular weight excluding hydrogens is 298 g/mol. The van der Waals surface area contributed by atoms with Gasteiger partial charge < -0.3 is 4.90 Å². The van der Waals surface area contributed by atoms with E-state index in [0.29, 0.717) is 5.02 Å². The first-order chi connectivity index (χ1) is 10.8. The molecule has 1 aromatic carbocycles. The van der Waals surface area contributed by atoms with Gasteiger partial charge in [-0.15, -0.1) is 0 Å². The van der Waals surface area contributed by atoms with Gasteiger partial charge in [0.1, 0.15) is 11.7 Å². The number of rotatable bonds is 2. The molecule has 2 aliphatic heterocycles. The number of nitrogens with zero attached hydrogens (tertiary/aromatic N) is 5. The molecule has 0 saturated carbocycles. The van der Waals surface area contributed by atoms with E-state index in [9.17, 15) is 0 Å². The SMILES string of the molecule is CCC1=Nc2c(cnn2-c2cccc(Cl)c2)C2=NCCCN12. The monoisotopic (exact) mass is 313 g/mol. The summed E-state index contributed by atoms with van der Waals surface area (Å²) >= 11 is 6.10. The van der Waals surface area contributed by atoms with E-state index in [1.54, 1.807) is 0 Å². The van der Waals surface area contributed by atoms with Crippen molar-refractivity contribution in [3.63, 3.8) is 0 Å². The fourth-order valence-corrected chi connectivity index (χ4v) is 3.13. The van der Waals surface area contributed by atoms with E-state index in [2.05, 4.69) is 16.9 Å². The van der Waals surface area contributed by atoms with Gasteiger partial charge in [0, 0.05) is 24.5 Å². The number of amidine groups is 2. The molecule has 0 amide bonds. The molecule has 0 radical (unpaired) electrons. The predicted molar refractivity (Wildman–Crippen MR) is 88.7 cm³/mol. The first-order valence-corrected chi connectivity index (χ1v) is 7.89. The maximum absolute atomic E-state index is 6.10. The zero-order valence-corrected chi connectivity index (χ0v) is 13.1. The molecule has 1 aromatic heterocycles. The van der Waals surface area contributed by atoms with E-state index >= 15 is 0 Å². The number of fused-ring (bicyclic) bond motifs is 3. The second-order valence-corrected chi connectivity index (χ2v) is 5.80. The highest BCUT2D eigenvalue weighted by atomic mass is 35.5. The quantitative estimate of drug-likeness (QED) is 0.852. The van der Waals surface area contributed by atoms with Crippen LogP contribution >= 0.6 is 11.6 Å². The molecule has 0 aliphatic carbocycles. The van der Waals surface area contributed by atoms with Crippen molar-refractivity contribution in [2.45, 2.75) is 19.8 Å². The smallest absolute Gasteiger partial charge is 0.168 e. The summed E-state index contributed by atoms with van der Waals surface area (Å²) < 4.78 is 1.84. The number of aromatic nitrogens is 2. The zero-order chi connectivity index (χ0) is 15.1. The molecule has 0 fully saturated rings. The molecule has 5 nitrogen and oxygen atoms in total. The Hall–Kier alpha value is -2.14. The van der Waals surface area contributed by atoms with Crippen LogP contribution < -0.4 is 0 Å². The molecule has 0 N–H and O–H groups in total. The van der Waals surface area contributed by atoms with Crippen LogP contribution in [0.5, 0.6) is 0 Å². The Morgan fingerprint density at radius 3 is 3.05 bits per heavy atom. The first kappa shape index (κ1) is 13.5. The van der Waals surface area contributed by atoms with Crippen molar-refractivity contribution in [2.24, 2.45) is 9.98 Å². The van der Waals surface area contributed by atoms with Crippen molar-refractivity contribution in [2.75, 3.05) is 13.1 Å². The van der Waals surface area contributed by atoms with Crippen molar-refractivity contribution in [3.05, 3.63) is 41.0 Å². The van der Waals surface area contributed by atoms with E-state index in [-0.39, 0.29) is 0 Å². The van der Waals surface area contributed by atoms with Crippen molar-refractivity contribution >= 4 is 29.1 Å². The average molecular weight is 314 g/mol. The van der Waals surface area contributed by atoms with Gasteiger partial charge in [-0.05, 0) is 24.6 Å². The average Bonchev–Trinajstić information content (AvgIpc) is 2.98. The van der Waals surface area contributed by atoms with Crippen LogP contribution in [0.25, 0.3) is 5.69 Å². The minimum Gasteiger partial charge on any atom is -0.314 e. The topological polar surface area (TPSA) is 45.8 Å². The number of hydrogen-bond donors (Lipinski definition) is 0. The zero-order valence-electron chi connectivity index (χ0n) is 12.3. The maximum atomic E-state index is 6.10. The number of hydrogen-bond acceptors (Lipinski definition) is 4. The molecule has 112 valence electrons. The van der Waals surface area contributed by atoms with Crippen LogP contribution in [0, 0.1) is 0 Å². The highest BCUT2D eigenvalue weighted by Crippen LogP contribution is 2.31. The second-order valence-electron chi connectivity index (χ2n) is 5.37. The third-order valence-corrected chi connectivity index (χ3v) is 4.19. The van der Waals surface area contributed by atoms with Crippen LogP contribution in [0.15, 0.2) is 40.4 Å². The summed E-state index contributed by atoms with van der Waals surface area (Å²) in [6, 6.07) is 7.65. The van der Waals surface area contributed by atoms with E-state index in [0.717, 1.165) is 54.7 Å². The highest BCUT2D eigenvalue weighted by Gasteiger charge is 2.30. The Morgan fingerprint density at radius 2 is 2.23 bits per heavy atom. The third kappa shape index (κ3) is 2.04. The van der Waals surface area contributed by atoms with Gasteiger partial charge in [-0.25, -0.2) is 9.67 Å². The molecular formula is C16H16ClN5. The van der Waals surface area contributed by atoms with Crippen LogP contribution in [-0.2, 0) is 0 Å². The van der Waals surface area contributed by atoms with E-state index in [1.165, 1.54) is 0 Å². The molecule has 6 heteroatoms. The Balaban J connectivity index is 1.90. The summed E-state index contributed by atoms with van der Waals surface area (Å²) in [6.07, 6.45) is 3.79. The summed E-state index contributed by atoms with van der Waals surface area (Å²) in [5.74, 6) is 2.90. The lowest BCUT2D eigenvalue weighted by molar-refractivity contribution is 0.537. The minimum absolute atomic E-state index is 0.689. The van der Waals surface area contributed by atoms with Gasteiger partial charge in [0.25, 0.3) is 0 Å². The number of halogens is 1. The summed E-state index contributed by atoms with van der Waals surface area (Å²) in [5, 5.41) is 5.20. The van der Waals surface area contributed by atoms with Crippen molar-refractivity contribution in [3.8, 4) is 5.69 Å². The molecule has 3 heterocycles. The summed E-state index contributed by atoms with van der Waals surface area (Å²) in [7, 11) is 0. The van der Waals surface area contributed by atoms with Gasteiger partial charge in [0.05, 0.1) is 17.4 Å². The lowest BCUT2D eigenvalue weighted by Gasteiger charge is -2.32. The fraction of sp³-hybridized carbons (Fsp3) is 0.312. The van der Waals surface area contributed by atoms with Crippen molar-refractivity contribution in [1.29, 1.82) is 0 Å². The van der Waals surface area contributed by atoms with Gasteiger partial charge >= 0.3 is 0 Å². The van der Waals surface area contributed by atoms with Gasteiger partial charge in [-0.3, -0.25) is 4.99 Å². The predicted octanol–water partition coefficient (Wildman–Crippen LogP) is 3.43. The Morgan fingerprint density at radius 1 is 1.32 bits per heavy atom. The maximum Gasteiger partial charge on any atom is 0.168 e. The molecule has 0 unspecified atom stereocenters. The van der Waals surface area contributed by atoms with Crippen LogP contribution in [0.4, 0.5) is 5.82 Å². The summed E-state index contributed by atoms with van der Waals surface area (Å²) in [5.41, 5.74) is 1.91. The van der Waals surface area contributed by atoms with Crippen LogP contribution in [0.1, 0.15) is 25.3 Å². The van der Waals surface area contributed by atoms with Gasteiger partial charge in [-0.2, -0.15) is 5.10 Å². The molecule has 0 atom stereocenters. The van der Waals surface area contributed by atoms with Crippen molar-refractivity contribution in [1.82, 2.24) is 14.7 Å². The van der Waals surface area contributed by atoms with Gasteiger partial charge in [-0.1, -0.05) is 24.6 Å². The van der Waals surface area contributed by atoms with Gasteiger partial charge in [0.2, 0.25) is 0 Å². The van der Waals surface area contributed by atoms with Crippen LogP contribution in [0.3, 0.4) is 0 Å². The van der Waals surface area contributed by atoms with E-state index in [4.69, 9.17) is 21.6 Å². The minimum atomic E-state index is 0.689. The Bertz CT molecular complexity index is 790. The molecule has 22 heavy (non-hydrogen) atoms. The first-order valence-electron chi connectivity index (χ1n) is 7.52.